The topological polar surface area (TPSA) is 61.0 Å². The summed E-state index contributed by atoms with van der Waals surface area (Å²) in [6.45, 7) is 5.78. The van der Waals surface area contributed by atoms with Crippen LogP contribution in [0, 0.1) is 5.92 Å². The summed E-state index contributed by atoms with van der Waals surface area (Å²) < 4.78 is 16.2. The van der Waals surface area contributed by atoms with Crippen LogP contribution in [0.3, 0.4) is 0 Å². The Morgan fingerprint density at radius 3 is 2.74 bits per heavy atom. The highest BCUT2D eigenvalue weighted by molar-refractivity contribution is 5.94. The van der Waals surface area contributed by atoms with Gasteiger partial charge in [-0.05, 0) is 24.5 Å². The molecule has 2 atom stereocenters. The lowest BCUT2D eigenvalue weighted by Crippen LogP contribution is -2.48. The van der Waals surface area contributed by atoms with Crippen LogP contribution in [0.1, 0.15) is 33.0 Å². The minimum atomic E-state index is -1.12. The van der Waals surface area contributed by atoms with Gasteiger partial charge in [0.1, 0.15) is 5.76 Å². The number of rotatable bonds is 3. The lowest BCUT2D eigenvalue weighted by Gasteiger charge is -2.34. The van der Waals surface area contributed by atoms with Crippen LogP contribution >= 0.6 is 0 Å². The van der Waals surface area contributed by atoms with Crippen LogP contribution < -0.4 is 0 Å². The van der Waals surface area contributed by atoms with Gasteiger partial charge in [-0.25, -0.2) is 9.79 Å². The molecule has 1 aliphatic rings. The van der Waals surface area contributed by atoms with Crippen LogP contribution in [0.15, 0.2) is 27.8 Å². The Labute approximate surface area is 112 Å². The SMILES string of the molecule is CC[C@]1(c2ccco2)N=C(OC)[C@H](C(C)C)OC1=O. The minimum absolute atomic E-state index is 0.106. The van der Waals surface area contributed by atoms with Crippen LogP contribution in [0.4, 0.5) is 0 Å². The second kappa shape index (κ2) is 5.07. The maximum Gasteiger partial charge on any atom is 0.342 e. The molecule has 0 N–H and O–H groups in total. The molecule has 0 aliphatic carbocycles. The van der Waals surface area contributed by atoms with Gasteiger partial charge in [0, 0.05) is 0 Å². The van der Waals surface area contributed by atoms with Crippen molar-refractivity contribution < 1.29 is 18.7 Å². The minimum Gasteiger partial charge on any atom is -0.482 e. The van der Waals surface area contributed by atoms with Crippen LogP contribution in [0.25, 0.3) is 0 Å². The lowest BCUT2D eigenvalue weighted by atomic mass is 9.91. The van der Waals surface area contributed by atoms with Gasteiger partial charge in [-0.2, -0.15) is 0 Å². The second-order valence-corrected chi connectivity index (χ2v) is 4.92. The third-order valence-corrected chi connectivity index (χ3v) is 3.37. The molecule has 0 fully saturated rings. The Morgan fingerprint density at radius 2 is 2.26 bits per heavy atom. The maximum absolute atomic E-state index is 12.4. The number of cyclic esters (lactones) is 1. The summed E-state index contributed by atoms with van der Waals surface area (Å²) in [4.78, 5) is 16.9. The summed E-state index contributed by atoms with van der Waals surface area (Å²) in [5.74, 6) is 0.642. The van der Waals surface area contributed by atoms with E-state index < -0.39 is 11.6 Å². The molecule has 0 spiro atoms. The van der Waals surface area contributed by atoms with Gasteiger partial charge in [0.15, 0.2) is 6.10 Å². The van der Waals surface area contributed by atoms with E-state index >= 15 is 0 Å². The van der Waals surface area contributed by atoms with Gasteiger partial charge in [-0.3, -0.25) is 0 Å². The van der Waals surface area contributed by atoms with E-state index in [2.05, 4.69) is 4.99 Å². The van der Waals surface area contributed by atoms with Gasteiger partial charge in [0.25, 0.3) is 0 Å². The van der Waals surface area contributed by atoms with E-state index in [1.54, 1.807) is 12.1 Å². The zero-order chi connectivity index (χ0) is 14.0. The van der Waals surface area contributed by atoms with Crippen molar-refractivity contribution in [3.63, 3.8) is 0 Å². The van der Waals surface area contributed by atoms with E-state index in [1.807, 2.05) is 20.8 Å². The maximum atomic E-state index is 12.4. The molecule has 0 amide bonds. The number of ether oxygens (including phenoxy) is 2. The summed E-state index contributed by atoms with van der Waals surface area (Å²) in [5, 5.41) is 0. The number of nitrogens with zero attached hydrogens (tertiary/aromatic N) is 1. The first-order valence-electron chi connectivity index (χ1n) is 6.44. The number of furan rings is 1. The summed E-state index contributed by atoms with van der Waals surface area (Å²) in [6.07, 6.45) is 1.54. The molecule has 2 rings (SSSR count). The van der Waals surface area contributed by atoms with Crippen molar-refractivity contribution in [1.82, 2.24) is 0 Å². The first-order chi connectivity index (χ1) is 9.05. The number of methoxy groups -OCH3 is 1. The van der Waals surface area contributed by atoms with E-state index in [9.17, 15) is 4.79 Å². The molecule has 0 saturated heterocycles. The molecule has 5 heteroatoms. The van der Waals surface area contributed by atoms with Crippen LogP contribution in [0.2, 0.25) is 0 Å². The Balaban J connectivity index is 2.51. The Hall–Kier alpha value is -1.78. The summed E-state index contributed by atoms with van der Waals surface area (Å²) >= 11 is 0. The van der Waals surface area contributed by atoms with Crippen molar-refractivity contribution in [2.45, 2.75) is 38.8 Å². The van der Waals surface area contributed by atoms with Gasteiger partial charge in [-0.1, -0.05) is 20.8 Å². The molecule has 0 aromatic carbocycles. The van der Waals surface area contributed by atoms with Gasteiger partial charge >= 0.3 is 5.97 Å². The highest BCUT2D eigenvalue weighted by atomic mass is 16.6. The average molecular weight is 265 g/mol. The molecule has 0 unspecified atom stereocenters. The van der Waals surface area contributed by atoms with Gasteiger partial charge in [0.05, 0.1) is 13.4 Å². The molecular formula is C14H19NO4. The number of hydrogen-bond donors (Lipinski definition) is 0. The van der Waals surface area contributed by atoms with Crippen LogP contribution in [-0.4, -0.2) is 25.1 Å². The number of carbonyl (C=O) groups excluding carboxylic acids is 1. The van der Waals surface area contributed by atoms with E-state index in [0.717, 1.165) is 0 Å². The summed E-state index contributed by atoms with van der Waals surface area (Å²) in [6, 6.07) is 3.47. The van der Waals surface area contributed by atoms with Crippen molar-refractivity contribution in [1.29, 1.82) is 0 Å². The third-order valence-electron chi connectivity index (χ3n) is 3.37. The molecule has 0 saturated carbocycles. The highest BCUT2D eigenvalue weighted by Crippen LogP contribution is 2.36. The van der Waals surface area contributed by atoms with Crippen LogP contribution in [0.5, 0.6) is 0 Å². The van der Waals surface area contributed by atoms with Crippen molar-refractivity contribution in [3.8, 4) is 0 Å². The van der Waals surface area contributed by atoms with Gasteiger partial charge < -0.3 is 13.9 Å². The number of hydrogen-bond acceptors (Lipinski definition) is 5. The average Bonchev–Trinajstić information content (AvgIpc) is 2.93. The molecule has 1 aromatic heterocycles. The Morgan fingerprint density at radius 1 is 1.53 bits per heavy atom. The quantitative estimate of drug-likeness (QED) is 0.788. The number of esters is 1. The molecule has 104 valence electrons. The number of carbonyl (C=O) groups is 1. The van der Waals surface area contributed by atoms with Gasteiger partial charge in [0.2, 0.25) is 11.4 Å². The lowest BCUT2D eigenvalue weighted by molar-refractivity contribution is -0.158. The highest BCUT2D eigenvalue weighted by Gasteiger charge is 2.49. The molecular weight excluding hydrogens is 246 g/mol. The zero-order valence-electron chi connectivity index (χ0n) is 11.7. The predicted molar refractivity (Wildman–Crippen MR) is 69.8 cm³/mol. The number of aliphatic imine (C=N–C) groups is 1. The zero-order valence-corrected chi connectivity index (χ0v) is 11.7. The summed E-state index contributed by atoms with van der Waals surface area (Å²) in [5.41, 5.74) is -1.12. The van der Waals surface area contributed by atoms with E-state index in [-0.39, 0.29) is 11.9 Å². The van der Waals surface area contributed by atoms with E-state index in [0.29, 0.717) is 18.1 Å². The van der Waals surface area contributed by atoms with E-state index in [4.69, 9.17) is 13.9 Å². The standard InChI is InChI=1S/C14H19NO4/c1-5-14(10-7-6-8-18-10)13(16)19-11(9(2)3)12(15-14)17-4/h6-9,11H,5H2,1-4H3/t11-,14+/m0/s1. The van der Waals surface area contributed by atoms with Crippen LogP contribution in [-0.2, 0) is 19.8 Å². The Bertz CT molecular complexity index is 478. The normalized spacial score (nSPS) is 27.1. The smallest absolute Gasteiger partial charge is 0.342 e. The molecule has 0 bridgehead atoms. The van der Waals surface area contributed by atoms with Crippen molar-refractivity contribution in [3.05, 3.63) is 24.2 Å². The third kappa shape index (κ3) is 2.13. The monoisotopic (exact) mass is 265 g/mol. The van der Waals surface area contributed by atoms with Crippen molar-refractivity contribution >= 4 is 11.9 Å². The fraction of sp³-hybridized carbons (Fsp3) is 0.571. The predicted octanol–water partition coefficient (Wildman–Crippen LogP) is 2.51. The molecule has 0 radical (unpaired) electrons. The Kier molecular flexibility index (Phi) is 3.64. The van der Waals surface area contributed by atoms with Crippen molar-refractivity contribution in [2.75, 3.05) is 7.11 Å². The first-order valence-corrected chi connectivity index (χ1v) is 6.44. The molecule has 5 nitrogen and oxygen atoms in total. The fourth-order valence-corrected chi connectivity index (χ4v) is 2.21. The van der Waals surface area contributed by atoms with Gasteiger partial charge in [-0.15, -0.1) is 0 Å². The largest absolute Gasteiger partial charge is 0.482 e. The molecule has 2 heterocycles. The molecule has 1 aromatic rings. The van der Waals surface area contributed by atoms with E-state index in [1.165, 1.54) is 13.4 Å². The summed E-state index contributed by atoms with van der Waals surface area (Å²) in [7, 11) is 1.54. The molecule has 1 aliphatic heterocycles. The molecule has 19 heavy (non-hydrogen) atoms. The second-order valence-electron chi connectivity index (χ2n) is 4.92. The fourth-order valence-electron chi connectivity index (χ4n) is 2.21. The van der Waals surface area contributed by atoms with Crippen molar-refractivity contribution in [2.24, 2.45) is 10.9 Å². The first kappa shape index (κ1) is 13.6.